The van der Waals surface area contributed by atoms with Crippen molar-refractivity contribution in [2.75, 3.05) is 7.11 Å². The van der Waals surface area contributed by atoms with Gasteiger partial charge in [-0.2, -0.15) is 0 Å². The Morgan fingerprint density at radius 3 is 2.39 bits per heavy atom. The van der Waals surface area contributed by atoms with Crippen LogP contribution < -0.4 is 4.74 Å². The van der Waals surface area contributed by atoms with Gasteiger partial charge in [0, 0.05) is 17.4 Å². The summed E-state index contributed by atoms with van der Waals surface area (Å²) in [5.41, 5.74) is -1.18. The van der Waals surface area contributed by atoms with Gasteiger partial charge in [-0.05, 0) is 116 Å². The minimum absolute atomic E-state index is 0.00659. The molecule has 5 aliphatic carbocycles. The number of aliphatic hydroxyl groups excluding tert-OH is 1. The van der Waals surface area contributed by atoms with Crippen LogP contribution in [-0.2, 0) is 20.7 Å². The second-order valence-corrected chi connectivity index (χ2v) is 17.9. The number of hydrogen-bond donors (Lipinski definition) is 4. The Bertz CT molecular complexity index is 1560. The van der Waals surface area contributed by atoms with Gasteiger partial charge in [0.1, 0.15) is 6.10 Å². The van der Waals surface area contributed by atoms with Crippen LogP contribution in [0.15, 0.2) is 42.0 Å². The number of carboxylic acids is 1. The lowest BCUT2D eigenvalue weighted by atomic mass is 9.33. The Labute approximate surface area is 292 Å². The summed E-state index contributed by atoms with van der Waals surface area (Å²) in [5.74, 6) is -0.807. The van der Waals surface area contributed by atoms with Crippen molar-refractivity contribution in [1.82, 2.24) is 0 Å². The number of hydrogen-bond acceptors (Lipinski definition) is 7. The lowest BCUT2D eigenvalue weighted by molar-refractivity contribution is -0.242. The molecule has 8 heteroatoms. The summed E-state index contributed by atoms with van der Waals surface area (Å²) in [5, 5.41) is 44.4. The molecule has 1 unspecified atom stereocenters. The van der Waals surface area contributed by atoms with Gasteiger partial charge >= 0.3 is 11.9 Å². The molecule has 0 saturated heterocycles. The summed E-state index contributed by atoms with van der Waals surface area (Å²) < 4.78 is 11.3. The molecule has 0 spiro atoms. The molecule has 0 bridgehead atoms. The Hall–Kier alpha value is -2.84. The Morgan fingerprint density at radius 2 is 1.71 bits per heavy atom. The number of fused-ring (bicyclic) bond motifs is 7. The van der Waals surface area contributed by atoms with Crippen LogP contribution in [-0.4, -0.2) is 57.3 Å². The van der Waals surface area contributed by atoms with E-state index in [2.05, 4.69) is 47.6 Å². The number of benzene rings is 1. The van der Waals surface area contributed by atoms with Gasteiger partial charge in [0.25, 0.3) is 0 Å². The minimum atomic E-state index is -1.11. The second-order valence-electron chi connectivity index (χ2n) is 17.9. The highest BCUT2D eigenvalue weighted by molar-refractivity contribution is 5.82. The van der Waals surface area contributed by atoms with E-state index in [0.717, 1.165) is 36.8 Å². The van der Waals surface area contributed by atoms with Crippen molar-refractivity contribution in [3.8, 4) is 11.5 Å². The monoisotopic (exact) mass is 678 g/mol. The molecule has 270 valence electrons. The fraction of sp³-hybridized carbons (Fsp3) is 0.707. The van der Waals surface area contributed by atoms with Crippen molar-refractivity contribution in [2.45, 2.75) is 124 Å². The summed E-state index contributed by atoms with van der Waals surface area (Å²) in [6, 6.07) is 5.07. The predicted molar refractivity (Wildman–Crippen MR) is 187 cm³/mol. The van der Waals surface area contributed by atoms with Crippen LogP contribution in [0, 0.1) is 50.7 Å². The van der Waals surface area contributed by atoms with Crippen molar-refractivity contribution >= 4 is 11.9 Å². The Morgan fingerprint density at radius 1 is 1.00 bits per heavy atom. The second kappa shape index (κ2) is 11.9. The van der Waals surface area contributed by atoms with E-state index >= 15 is 0 Å². The van der Waals surface area contributed by atoms with E-state index in [-0.39, 0.29) is 39.7 Å². The average Bonchev–Trinajstić information content (AvgIpc) is 3.02. The van der Waals surface area contributed by atoms with Gasteiger partial charge in [0.2, 0.25) is 0 Å². The lowest BCUT2D eigenvalue weighted by Gasteiger charge is -2.72. The van der Waals surface area contributed by atoms with Crippen molar-refractivity contribution < 1.29 is 39.5 Å². The number of carbonyl (C=O) groups is 2. The first kappa shape index (κ1) is 36.0. The molecular weight excluding hydrogens is 620 g/mol. The molecule has 49 heavy (non-hydrogen) atoms. The minimum Gasteiger partial charge on any atom is -0.504 e. The zero-order valence-electron chi connectivity index (χ0n) is 30.7. The zero-order chi connectivity index (χ0) is 35.9. The number of rotatable bonds is 6. The molecule has 0 radical (unpaired) electrons. The lowest BCUT2D eigenvalue weighted by Crippen LogP contribution is -2.69. The third-order valence-corrected chi connectivity index (χ3v) is 15.5. The quantitative estimate of drug-likeness (QED) is 0.141. The first-order valence-electron chi connectivity index (χ1n) is 18.4. The smallest absolute Gasteiger partial charge is 0.330 e. The molecule has 1 aromatic rings. The van der Waals surface area contributed by atoms with Crippen LogP contribution in [0.2, 0.25) is 0 Å². The standard InChI is InChI=1S/C41H58O8/c1-24-16-19-41(35(45)46)21-20-38(5)26(33(41)40(24,7)47)13-15-31-37(4)23-28(43)34(36(2,3)30(37)17-18-39(31,38)6)49-32(44)11-9-10-25-12-14-27(42)29(22-25)48-8/h9,11-14,22,24,28,30-31,33-34,42-43,47H,10,15-21,23H2,1-8H3,(H,45,46)/b11-9+/t24-,28-,30?,31-,33+,34-,37+,38-,39-,40-,41+/m1/s1. The maximum absolute atomic E-state index is 13.1. The van der Waals surface area contributed by atoms with Crippen LogP contribution in [0.1, 0.15) is 105 Å². The maximum Gasteiger partial charge on any atom is 0.330 e. The number of phenols is 1. The molecule has 0 aliphatic heterocycles. The molecule has 0 aromatic heterocycles. The van der Waals surface area contributed by atoms with E-state index in [1.54, 1.807) is 24.3 Å². The summed E-state index contributed by atoms with van der Waals surface area (Å²) in [6.07, 6.45) is 10.2. The average molecular weight is 679 g/mol. The number of aromatic hydroxyl groups is 1. The largest absolute Gasteiger partial charge is 0.504 e. The van der Waals surface area contributed by atoms with Gasteiger partial charge in [0.15, 0.2) is 11.5 Å². The van der Waals surface area contributed by atoms with Gasteiger partial charge in [-0.1, -0.05) is 65.3 Å². The van der Waals surface area contributed by atoms with Gasteiger partial charge in [-0.15, -0.1) is 0 Å². The molecule has 1 aromatic carbocycles. The van der Waals surface area contributed by atoms with E-state index in [0.29, 0.717) is 37.9 Å². The van der Waals surface area contributed by atoms with Crippen molar-refractivity contribution in [2.24, 2.45) is 50.7 Å². The first-order valence-corrected chi connectivity index (χ1v) is 18.4. The molecule has 6 rings (SSSR count). The highest BCUT2D eigenvalue weighted by atomic mass is 16.6. The van der Waals surface area contributed by atoms with Gasteiger partial charge < -0.3 is 29.9 Å². The number of esters is 1. The highest BCUT2D eigenvalue weighted by Crippen LogP contribution is 2.76. The number of phenolic OH excluding ortho intramolecular Hbond substituents is 1. The summed E-state index contributed by atoms with van der Waals surface area (Å²) in [7, 11) is 1.49. The van der Waals surface area contributed by atoms with E-state index in [9.17, 15) is 30.0 Å². The zero-order valence-corrected chi connectivity index (χ0v) is 30.7. The Kier molecular flexibility index (Phi) is 8.71. The number of aliphatic hydroxyl groups is 2. The molecule has 4 fully saturated rings. The van der Waals surface area contributed by atoms with Crippen molar-refractivity contribution in [3.63, 3.8) is 0 Å². The van der Waals surface area contributed by atoms with Gasteiger partial charge in [-0.3, -0.25) is 4.79 Å². The summed E-state index contributed by atoms with van der Waals surface area (Å²) in [4.78, 5) is 26.2. The normalized spacial score (nSPS) is 44.1. The third-order valence-electron chi connectivity index (χ3n) is 15.5. The molecule has 4 saturated carbocycles. The van der Waals surface area contributed by atoms with Crippen LogP contribution in [0.5, 0.6) is 11.5 Å². The van der Waals surface area contributed by atoms with Gasteiger partial charge in [-0.25, -0.2) is 4.79 Å². The SMILES string of the molecule is COc1cc(C/C=C/C(=O)O[C@@H]2[C@H](O)C[C@@]3(C)C(CC[C@]4(C)[C@@H]3CC=C3[C@@H]5[C@](C(=O)O)(CC[C@@H](C)[C@@]5(C)O)CC[C@]34C)C2(C)C)ccc1O. The molecule has 0 amide bonds. The molecule has 5 aliphatic rings. The van der Waals surface area contributed by atoms with Crippen LogP contribution in [0.4, 0.5) is 0 Å². The molecule has 11 atom stereocenters. The van der Waals surface area contributed by atoms with Crippen LogP contribution in [0.3, 0.4) is 0 Å². The van der Waals surface area contributed by atoms with Crippen molar-refractivity contribution in [3.05, 3.63) is 47.6 Å². The molecule has 4 N–H and O–H groups in total. The molecule has 8 nitrogen and oxygen atoms in total. The summed E-state index contributed by atoms with van der Waals surface area (Å²) in [6.45, 7) is 15.3. The molecular formula is C41H58O8. The van der Waals surface area contributed by atoms with Crippen LogP contribution in [0.25, 0.3) is 0 Å². The van der Waals surface area contributed by atoms with Gasteiger partial charge in [0.05, 0.1) is 24.2 Å². The number of carboxylic acid groups (broad SMARTS) is 1. The van der Waals surface area contributed by atoms with E-state index in [1.165, 1.54) is 13.2 Å². The maximum atomic E-state index is 13.1. The topological polar surface area (TPSA) is 134 Å². The number of carbonyl (C=O) groups excluding carboxylic acids is 1. The number of allylic oxidation sites excluding steroid dienone is 2. The fourth-order valence-corrected chi connectivity index (χ4v) is 12.5. The van der Waals surface area contributed by atoms with Crippen LogP contribution >= 0.6 is 0 Å². The number of ether oxygens (including phenoxy) is 2. The number of aliphatic carboxylic acids is 1. The first-order chi connectivity index (χ1) is 22.8. The fourth-order valence-electron chi connectivity index (χ4n) is 12.5. The molecule has 0 heterocycles. The Balaban J connectivity index is 1.26. The predicted octanol–water partition coefficient (Wildman–Crippen LogP) is 7.24. The highest BCUT2D eigenvalue weighted by Gasteiger charge is 2.72. The number of methoxy groups -OCH3 is 1. The van der Waals surface area contributed by atoms with E-state index < -0.39 is 46.5 Å². The van der Waals surface area contributed by atoms with E-state index in [4.69, 9.17) is 9.47 Å². The summed E-state index contributed by atoms with van der Waals surface area (Å²) >= 11 is 0. The van der Waals surface area contributed by atoms with E-state index in [1.807, 2.05) is 6.92 Å². The van der Waals surface area contributed by atoms with Crippen molar-refractivity contribution in [1.29, 1.82) is 0 Å². The third kappa shape index (κ3) is 5.12.